The zero-order valence-electron chi connectivity index (χ0n) is 40.8. The molecular formula is C40H40K2N12Na2O16S4. The van der Waals surface area contributed by atoms with Gasteiger partial charge in [-0.15, -0.1) is 0 Å². The molecular weight excluding hydrogens is 1160 g/mol. The Morgan fingerprint density at radius 2 is 0.671 bits per heavy atom. The number of benzene rings is 4. The molecule has 4 aromatic carbocycles. The fourth-order valence-electron chi connectivity index (χ4n) is 6.38. The van der Waals surface area contributed by atoms with Crippen molar-refractivity contribution in [2.24, 2.45) is 0 Å². The summed E-state index contributed by atoms with van der Waals surface area (Å²) in [7, 11) is -20.1. The maximum absolute atomic E-state index is 12.6. The zero-order valence-corrected chi connectivity index (χ0v) is 54.3. The van der Waals surface area contributed by atoms with Crippen LogP contribution in [0.25, 0.3) is 12.2 Å². The Hall–Kier alpha value is -1.81. The molecule has 0 saturated carbocycles. The Kier molecular flexibility index (Phi) is 29.1. The molecule has 6 rings (SSSR count). The second kappa shape index (κ2) is 31.4. The van der Waals surface area contributed by atoms with Gasteiger partial charge in [0.25, 0.3) is 0 Å². The summed E-state index contributed by atoms with van der Waals surface area (Å²) in [6.45, 7) is -1.84. The average Bonchev–Trinajstić information content (AvgIpc) is 3.30. The summed E-state index contributed by atoms with van der Waals surface area (Å²) in [6, 6.07) is 15.9. The fourth-order valence-corrected chi connectivity index (χ4v) is 8.71. The second-order valence-electron chi connectivity index (χ2n) is 14.6. The molecule has 36 heteroatoms. The molecule has 0 aliphatic rings. The van der Waals surface area contributed by atoms with E-state index in [0.717, 1.165) is 48.6 Å². The molecule has 0 spiro atoms. The quantitative estimate of drug-likeness (QED) is 0.0158. The molecule has 0 radical (unpaired) electrons. The molecule has 0 bridgehead atoms. The monoisotopic (exact) mass is 1200 g/mol. The average molecular weight is 1200 g/mol. The number of hydrogen-bond donors (Lipinski definition) is 8. The van der Waals surface area contributed by atoms with E-state index in [9.17, 15) is 72.3 Å². The molecule has 0 fully saturated rings. The van der Waals surface area contributed by atoms with E-state index in [0.29, 0.717) is 0 Å². The van der Waals surface area contributed by atoms with Crippen LogP contribution >= 0.6 is 0 Å². The second-order valence-corrected chi connectivity index (χ2v) is 20.1. The van der Waals surface area contributed by atoms with Gasteiger partial charge in [0.1, 0.15) is 40.5 Å². The van der Waals surface area contributed by atoms with E-state index < -0.39 is 86.5 Å². The summed E-state index contributed by atoms with van der Waals surface area (Å²) in [5.41, 5.74) is -0.253. The maximum Gasteiger partial charge on any atom is 1.00 e. The first kappa shape index (κ1) is 70.3. The van der Waals surface area contributed by atoms with E-state index in [1.54, 1.807) is 0 Å². The summed E-state index contributed by atoms with van der Waals surface area (Å²) in [5, 5.41) is 49.6. The fraction of sp³-hybridized carbons (Fsp3) is 0.200. The van der Waals surface area contributed by atoms with Gasteiger partial charge in [0.15, 0.2) is 0 Å². The van der Waals surface area contributed by atoms with Gasteiger partial charge in [-0.25, -0.2) is 33.7 Å². The van der Waals surface area contributed by atoms with Crippen LogP contribution < -0.4 is 193 Å². The third-order valence-corrected chi connectivity index (χ3v) is 13.1. The van der Waals surface area contributed by atoms with Crippen molar-refractivity contribution in [1.82, 2.24) is 29.9 Å². The third-order valence-electron chi connectivity index (χ3n) is 9.61. The molecule has 0 aliphatic carbocycles. The predicted molar refractivity (Wildman–Crippen MR) is 252 cm³/mol. The van der Waals surface area contributed by atoms with Crippen molar-refractivity contribution in [3.05, 3.63) is 96.1 Å². The van der Waals surface area contributed by atoms with E-state index in [-0.39, 0.29) is 258 Å². The molecule has 384 valence electrons. The Bertz CT molecular complexity index is 3190. The standard InChI is InChI=1S/C40H44N12O16S4.2K.2Na/c53-19-15-51(16-20-54)39-47-35(41-27-7-11-31(12-8-27)69(57,58)59)45-37(49-39)43-29-5-3-25(33(23-29)71(63,64)65)1-2-26-4-6-30(24-34(26)72(66,67)68)44-38-46-36(48-40(50-38)52(17-21-55)18-22-56)42-28-9-13-32(14-10-28)70(60,61)62;;;;/h1-14,23-24,53-56H,15-22H2,(H,57,58,59)(H,60,61,62)(H,63,64,65)(H,66,67,68)(H2,41,43,45,47,49)(H2,42,44,46,48,50);;;;/q;4*+1/p-4. The van der Waals surface area contributed by atoms with Crippen LogP contribution in [-0.4, -0.2) is 155 Å². The van der Waals surface area contributed by atoms with Crippen molar-refractivity contribution < 1.29 is 234 Å². The molecule has 2 aromatic heterocycles. The molecule has 0 saturated heterocycles. The number of aliphatic hydroxyl groups is 4. The summed E-state index contributed by atoms with van der Waals surface area (Å²) in [4.78, 5) is 25.7. The van der Waals surface area contributed by atoms with Gasteiger partial charge in [-0.2, -0.15) is 29.9 Å². The summed E-state index contributed by atoms with van der Waals surface area (Å²) in [5.74, 6) is -1.12. The van der Waals surface area contributed by atoms with Crippen molar-refractivity contribution in [2.75, 3.05) is 83.7 Å². The van der Waals surface area contributed by atoms with Crippen molar-refractivity contribution >= 4 is 111 Å². The number of hydrogen-bond acceptors (Lipinski definition) is 28. The molecule has 28 nitrogen and oxygen atoms in total. The van der Waals surface area contributed by atoms with E-state index in [1.807, 2.05) is 0 Å². The van der Waals surface area contributed by atoms with Crippen molar-refractivity contribution in [2.45, 2.75) is 19.6 Å². The van der Waals surface area contributed by atoms with Crippen LogP contribution in [0.4, 0.5) is 58.4 Å². The molecule has 0 amide bonds. The Labute approximate surface area is 565 Å². The number of rotatable bonds is 24. The predicted octanol–water partition coefficient (Wildman–Crippen LogP) is -11.6. The molecule has 0 unspecified atom stereocenters. The molecule has 8 N–H and O–H groups in total. The van der Waals surface area contributed by atoms with Gasteiger partial charge in [-0.1, -0.05) is 24.3 Å². The van der Waals surface area contributed by atoms with Crippen LogP contribution in [0.2, 0.25) is 0 Å². The maximum atomic E-state index is 12.6. The normalized spacial score (nSPS) is 11.5. The van der Waals surface area contributed by atoms with Crippen molar-refractivity contribution in [3.63, 3.8) is 0 Å². The summed E-state index contributed by atoms with van der Waals surface area (Å²) >= 11 is 0. The molecule has 2 heterocycles. The first-order valence-electron chi connectivity index (χ1n) is 20.5. The van der Waals surface area contributed by atoms with Crippen molar-refractivity contribution in [3.8, 4) is 0 Å². The zero-order chi connectivity index (χ0) is 52.4. The minimum atomic E-state index is -5.30. The number of nitrogens with zero attached hydrogens (tertiary/aromatic N) is 8. The first-order chi connectivity index (χ1) is 34.0. The molecule has 76 heavy (non-hydrogen) atoms. The minimum absolute atomic E-state index is 0. The SMILES string of the molecule is O=S(=O)([O-])c1ccc(Nc2nc(Nc3ccc(C=Cc4ccc(Nc5nc(Nc6ccc(S(=O)(=O)[O-])cc6)nc(N(CCO)CCO)n5)cc4S(=O)(=O)[O-])c(S(=O)(=O)[O-])c3)nc(N(CCO)CCO)n2)cc1.[K+].[K+].[Na+].[Na+]. The number of nitrogens with one attached hydrogen (secondary N) is 4. The number of anilines is 10. The van der Waals surface area contributed by atoms with Gasteiger partial charge in [0.05, 0.1) is 46.0 Å². The molecule has 6 aromatic rings. The van der Waals surface area contributed by atoms with Gasteiger partial charge in [-0.05, 0) is 83.9 Å². The largest absolute Gasteiger partial charge is 1.00 e. The van der Waals surface area contributed by atoms with Crippen LogP contribution in [0.5, 0.6) is 0 Å². The summed E-state index contributed by atoms with van der Waals surface area (Å²) in [6.07, 6.45) is 2.12. The summed E-state index contributed by atoms with van der Waals surface area (Å²) < 4.78 is 144. The van der Waals surface area contributed by atoms with Crippen LogP contribution in [0.1, 0.15) is 11.1 Å². The van der Waals surface area contributed by atoms with Crippen molar-refractivity contribution in [1.29, 1.82) is 0 Å². The first-order valence-corrected chi connectivity index (χ1v) is 26.1. The van der Waals surface area contributed by atoms with E-state index in [1.165, 1.54) is 58.3 Å². The van der Waals surface area contributed by atoms with Crippen LogP contribution in [0, 0.1) is 0 Å². The Morgan fingerprint density at radius 1 is 0.408 bits per heavy atom. The minimum Gasteiger partial charge on any atom is -0.744 e. The number of aliphatic hydroxyl groups excluding tert-OH is 4. The Morgan fingerprint density at radius 3 is 0.921 bits per heavy atom. The smallest absolute Gasteiger partial charge is 0.744 e. The molecule has 0 atom stereocenters. The van der Waals surface area contributed by atoms with Gasteiger partial charge in [-0.3, -0.25) is 0 Å². The topological polar surface area (TPSA) is 442 Å². The van der Waals surface area contributed by atoms with E-state index >= 15 is 0 Å². The van der Waals surface area contributed by atoms with E-state index in [4.69, 9.17) is 0 Å². The number of aromatic nitrogens is 6. The molecule has 0 aliphatic heterocycles. The van der Waals surface area contributed by atoms with Gasteiger partial charge in [0.2, 0.25) is 35.7 Å². The van der Waals surface area contributed by atoms with E-state index in [2.05, 4.69) is 51.2 Å². The van der Waals surface area contributed by atoms with Gasteiger partial charge >= 0.3 is 162 Å². The van der Waals surface area contributed by atoms with Crippen LogP contribution in [0.15, 0.2) is 105 Å². The van der Waals surface area contributed by atoms with Crippen LogP contribution in [-0.2, 0) is 40.5 Å². The van der Waals surface area contributed by atoms with Crippen LogP contribution in [0.3, 0.4) is 0 Å². The van der Waals surface area contributed by atoms with Gasteiger partial charge < -0.3 is 69.7 Å². The Balaban J connectivity index is 0.00000494. The van der Waals surface area contributed by atoms with Gasteiger partial charge in [0, 0.05) is 48.9 Å². The third kappa shape index (κ3) is 20.6.